The number of hydrogen-bond donors (Lipinski definition) is 0. The van der Waals surface area contributed by atoms with Gasteiger partial charge in [-0.05, 0) is 49.2 Å². The Kier molecular flexibility index (Phi) is 6.55. The van der Waals surface area contributed by atoms with Crippen LogP contribution in [0.1, 0.15) is 47.2 Å². The molecule has 3 aliphatic rings. The highest BCUT2D eigenvalue weighted by Crippen LogP contribution is 2.29. The van der Waals surface area contributed by atoms with Gasteiger partial charge in [-0.2, -0.15) is 0 Å². The molecule has 0 atom stereocenters. The topological polar surface area (TPSA) is 56.2 Å². The van der Waals surface area contributed by atoms with Crippen LogP contribution in [0.15, 0.2) is 41.4 Å². The first-order valence-electron chi connectivity index (χ1n) is 11.9. The molecule has 2 aromatic carbocycles. The van der Waals surface area contributed by atoms with Crippen LogP contribution >= 0.6 is 11.6 Å². The Morgan fingerprint density at radius 3 is 2.50 bits per heavy atom. The van der Waals surface area contributed by atoms with Crippen LogP contribution in [-0.4, -0.2) is 60.7 Å². The first-order valence-corrected chi connectivity index (χ1v) is 12.3. The van der Waals surface area contributed by atoms with E-state index >= 15 is 0 Å². The molecule has 0 spiro atoms. The summed E-state index contributed by atoms with van der Waals surface area (Å²) in [6, 6.07) is 10.1. The van der Waals surface area contributed by atoms with Gasteiger partial charge in [0, 0.05) is 72.3 Å². The fourth-order valence-corrected chi connectivity index (χ4v) is 5.32. The van der Waals surface area contributed by atoms with Gasteiger partial charge >= 0.3 is 0 Å². The van der Waals surface area contributed by atoms with E-state index in [0.29, 0.717) is 55.5 Å². The van der Waals surface area contributed by atoms with Crippen molar-refractivity contribution in [1.82, 2.24) is 9.80 Å². The largest absolute Gasteiger partial charge is 0.347 e. The lowest BCUT2D eigenvalue weighted by Gasteiger charge is -2.36. The molecule has 178 valence electrons. The van der Waals surface area contributed by atoms with E-state index in [-0.39, 0.29) is 23.5 Å². The maximum atomic E-state index is 14.7. The van der Waals surface area contributed by atoms with Gasteiger partial charge < -0.3 is 14.7 Å². The number of anilines is 1. The molecule has 0 aromatic heterocycles. The van der Waals surface area contributed by atoms with Crippen LogP contribution in [0.3, 0.4) is 0 Å². The fraction of sp³-hybridized carbons (Fsp3) is 0.423. The minimum atomic E-state index is -0.353. The SMILES string of the molecule is O=C(c1ccc(F)c(CN2CN=Cc3cc(Cl)ccc32)c1)N1CCN(C(=O)C2CCCC2)CC1. The summed E-state index contributed by atoms with van der Waals surface area (Å²) in [4.78, 5) is 35.8. The van der Waals surface area contributed by atoms with Crippen molar-refractivity contribution in [3.63, 3.8) is 0 Å². The molecule has 2 heterocycles. The van der Waals surface area contributed by atoms with Crippen molar-refractivity contribution in [3.8, 4) is 0 Å². The van der Waals surface area contributed by atoms with Crippen molar-refractivity contribution in [1.29, 1.82) is 0 Å². The highest BCUT2D eigenvalue weighted by molar-refractivity contribution is 6.31. The molecule has 5 rings (SSSR count). The zero-order valence-electron chi connectivity index (χ0n) is 19.1. The lowest BCUT2D eigenvalue weighted by atomic mass is 10.1. The molecule has 2 fully saturated rings. The van der Waals surface area contributed by atoms with Gasteiger partial charge in [0.2, 0.25) is 5.91 Å². The second-order valence-corrected chi connectivity index (χ2v) is 9.70. The zero-order valence-corrected chi connectivity index (χ0v) is 19.8. The predicted molar refractivity (Wildman–Crippen MR) is 131 cm³/mol. The number of hydrogen-bond acceptors (Lipinski definition) is 4. The third-order valence-electron chi connectivity index (χ3n) is 7.05. The minimum absolute atomic E-state index is 0.127. The number of aliphatic imine (C=N–C) groups is 1. The minimum Gasteiger partial charge on any atom is -0.347 e. The Morgan fingerprint density at radius 2 is 1.74 bits per heavy atom. The molecule has 0 radical (unpaired) electrons. The van der Waals surface area contributed by atoms with E-state index in [0.717, 1.165) is 36.9 Å². The highest BCUT2D eigenvalue weighted by Gasteiger charge is 2.31. The Morgan fingerprint density at radius 1 is 1.00 bits per heavy atom. The molecular weight excluding hydrogens is 455 g/mol. The average Bonchev–Trinajstić information content (AvgIpc) is 3.40. The number of nitrogens with zero attached hydrogens (tertiary/aromatic N) is 4. The summed E-state index contributed by atoms with van der Waals surface area (Å²) < 4.78 is 14.7. The third-order valence-corrected chi connectivity index (χ3v) is 7.28. The number of rotatable bonds is 4. The molecule has 1 saturated heterocycles. The predicted octanol–water partition coefficient (Wildman–Crippen LogP) is 4.35. The molecule has 2 aromatic rings. The van der Waals surface area contributed by atoms with E-state index in [1.165, 1.54) is 6.07 Å². The van der Waals surface area contributed by atoms with Gasteiger partial charge in [-0.15, -0.1) is 0 Å². The number of fused-ring (bicyclic) bond motifs is 1. The number of carbonyl (C=O) groups is 2. The van der Waals surface area contributed by atoms with Crippen molar-refractivity contribution in [2.24, 2.45) is 10.9 Å². The monoisotopic (exact) mass is 482 g/mol. The fourth-order valence-electron chi connectivity index (χ4n) is 5.14. The highest BCUT2D eigenvalue weighted by atomic mass is 35.5. The summed E-state index contributed by atoms with van der Waals surface area (Å²) in [6.45, 7) is 2.81. The van der Waals surface area contributed by atoms with E-state index in [4.69, 9.17) is 11.6 Å². The number of benzene rings is 2. The van der Waals surface area contributed by atoms with Gasteiger partial charge in [0.1, 0.15) is 12.5 Å². The molecule has 2 amide bonds. The molecule has 0 N–H and O–H groups in total. The standard InChI is InChI=1S/C26H28ClFN4O2/c27-22-6-8-24-20(14-22)15-29-17-32(24)16-21-13-19(5-7-23(21)28)26(34)31-11-9-30(10-12-31)25(33)18-3-1-2-4-18/h5-8,13-15,18H,1-4,9-12,16-17H2. The quantitative estimate of drug-likeness (QED) is 0.651. The van der Waals surface area contributed by atoms with Gasteiger partial charge in [-0.25, -0.2) is 4.39 Å². The first-order chi connectivity index (χ1) is 16.5. The third kappa shape index (κ3) is 4.67. The van der Waals surface area contributed by atoms with Gasteiger partial charge in [-0.3, -0.25) is 14.6 Å². The van der Waals surface area contributed by atoms with E-state index in [1.54, 1.807) is 29.3 Å². The maximum Gasteiger partial charge on any atom is 0.253 e. The Hall–Kier alpha value is -2.93. The summed E-state index contributed by atoms with van der Waals surface area (Å²) in [6.07, 6.45) is 5.99. The molecule has 6 nitrogen and oxygen atoms in total. The molecule has 1 saturated carbocycles. The van der Waals surface area contributed by atoms with E-state index in [2.05, 4.69) is 4.99 Å². The molecule has 8 heteroatoms. The van der Waals surface area contributed by atoms with Crippen molar-refractivity contribution in [2.45, 2.75) is 32.2 Å². The normalized spacial score (nSPS) is 18.4. The van der Waals surface area contributed by atoms with Crippen LogP contribution < -0.4 is 4.90 Å². The van der Waals surface area contributed by atoms with E-state index < -0.39 is 0 Å². The second kappa shape index (κ2) is 9.74. The molecule has 2 aliphatic heterocycles. The van der Waals surface area contributed by atoms with Crippen LogP contribution in [0.2, 0.25) is 5.02 Å². The summed E-state index contributed by atoms with van der Waals surface area (Å²) in [5, 5.41) is 0.621. The van der Waals surface area contributed by atoms with Gasteiger partial charge in [0.05, 0.1) is 0 Å². The Labute approximate surface area is 204 Å². The van der Waals surface area contributed by atoms with Crippen LogP contribution in [0.25, 0.3) is 0 Å². The second-order valence-electron chi connectivity index (χ2n) is 9.26. The van der Waals surface area contributed by atoms with Crippen molar-refractivity contribution >= 4 is 35.3 Å². The lowest BCUT2D eigenvalue weighted by Crippen LogP contribution is -2.51. The summed E-state index contributed by atoms with van der Waals surface area (Å²) in [7, 11) is 0. The number of halogens is 2. The van der Waals surface area contributed by atoms with Crippen molar-refractivity contribution in [2.75, 3.05) is 37.7 Å². The molecular formula is C26H28ClFN4O2. The lowest BCUT2D eigenvalue weighted by molar-refractivity contribution is -0.136. The van der Waals surface area contributed by atoms with Crippen LogP contribution in [-0.2, 0) is 11.3 Å². The molecule has 1 aliphatic carbocycles. The zero-order chi connectivity index (χ0) is 23.7. The van der Waals surface area contributed by atoms with Crippen molar-refractivity contribution < 1.29 is 14.0 Å². The van der Waals surface area contributed by atoms with Gasteiger partial charge in [-0.1, -0.05) is 24.4 Å². The number of amides is 2. The number of carbonyl (C=O) groups excluding carboxylic acids is 2. The smallest absolute Gasteiger partial charge is 0.253 e. The van der Waals surface area contributed by atoms with Crippen LogP contribution in [0.4, 0.5) is 10.1 Å². The molecule has 0 bridgehead atoms. The van der Waals surface area contributed by atoms with Gasteiger partial charge in [0.15, 0.2) is 0 Å². The van der Waals surface area contributed by atoms with Crippen LogP contribution in [0, 0.1) is 11.7 Å². The first kappa shape index (κ1) is 22.8. The maximum absolute atomic E-state index is 14.7. The average molecular weight is 483 g/mol. The Bertz CT molecular complexity index is 1120. The molecule has 34 heavy (non-hydrogen) atoms. The van der Waals surface area contributed by atoms with Crippen molar-refractivity contribution in [3.05, 3.63) is 63.9 Å². The number of piperazine rings is 1. The van der Waals surface area contributed by atoms with Gasteiger partial charge in [0.25, 0.3) is 5.91 Å². The van der Waals surface area contributed by atoms with Crippen LogP contribution in [0.5, 0.6) is 0 Å². The van der Waals surface area contributed by atoms with E-state index in [1.807, 2.05) is 21.9 Å². The Balaban J connectivity index is 1.26. The summed E-state index contributed by atoms with van der Waals surface area (Å²) >= 11 is 6.09. The molecule has 0 unspecified atom stereocenters. The van der Waals surface area contributed by atoms with E-state index in [9.17, 15) is 14.0 Å². The summed E-state index contributed by atoms with van der Waals surface area (Å²) in [5.41, 5.74) is 2.72. The summed E-state index contributed by atoms with van der Waals surface area (Å²) in [5.74, 6) is -0.0896.